The molecule has 8 aliphatic rings. The number of carbonyl (C=O) groups is 11. The number of ether oxygens (including phenoxy) is 2. The Kier molecular flexibility index (Phi) is 8.41. The van der Waals surface area contributed by atoms with Crippen LogP contribution in [-0.4, -0.2) is 144 Å². The molecule has 284 valence electrons. The van der Waals surface area contributed by atoms with E-state index in [9.17, 15) is 57.8 Å². The molecule has 11 amide bonds. The molecular weight excluding hydrogens is 724 g/mol. The highest BCUT2D eigenvalue weighted by atomic mass is 16.8. The highest BCUT2D eigenvalue weighted by molar-refractivity contribution is 6.09. The minimum absolute atomic E-state index is 0.00652. The quantitative estimate of drug-likeness (QED) is 0.151. The van der Waals surface area contributed by atoms with Gasteiger partial charge in [0.15, 0.2) is 6.23 Å². The summed E-state index contributed by atoms with van der Waals surface area (Å²) in [5, 5.41) is 9.92. The molecule has 6 saturated heterocycles. The number of fused-ring (bicyclic) bond motifs is 10. The molecule has 1 N–H and O–H groups in total. The van der Waals surface area contributed by atoms with Crippen molar-refractivity contribution < 1.29 is 77.0 Å². The zero-order valence-electron chi connectivity index (χ0n) is 27.9. The van der Waals surface area contributed by atoms with Gasteiger partial charge in [0.2, 0.25) is 23.6 Å². The van der Waals surface area contributed by atoms with E-state index in [-0.39, 0.29) is 45.8 Å². The Balaban J connectivity index is 1.06. The van der Waals surface area contributed by atoms with Crippen LogP contribution in [0, 0.1) is 23.7 Å². The first-order valence-electron chi connectivity index (χ1n) is 17.1. The Hall–Kier alpha value is -5.87. The van der Waals surface area contributed by atoms with Gasteiger partial charge in [-0.25, -0.2) is 9.59 Å². The molecule has 9 unspecified atom stereocenters. The zero-order valence-corrected chi connectivity index (χ0v) is 27.9. The third-order valence-electron chi connectivity index (χ3n) is 10.6. The molecule has 0 aromatic rings. The lowest BCUT2D eigenvalue weighted by atomic mass is 9.85. The largest absolute Gasteiger partial charge is 0.461 e. The van der Waals surface area contributed by atoms with E-state index in [0.717, 1.165) is 9.80 Å². The fourth-order valence-corrected chi connectivity index (χ4v) is 8.04. The minimum Gasteiger partial charge on any atom is -0.370 e. The Morgan fingerprint density at radius 2 is 1.00 bits per heavy atom. The van der Waals surface area contributed by atoms with Crippen LogP contribution in [0.25, 0.3) is 0 Å². The Bertz CT molecular complexity index is 1820. The summed E-state index contributed by atoms with van der Waals surface area (Å²) in [6.07, 6.45) is -4.90. The second-order valence-electron chi connectivity index (χ2n) is 13.6. The summed E-state index contributed by atoms with van der Waals surface area (Å²) in [7, 11) is 0. The van der Waals surface area contributed by atoms with Gasteiger partial charge < -0.3 is 24.3 Å². The first kappa shape index (κ1) is 35.2. The fourth-order valence-electron chi connectivity index (χ4n) is 8.04. The summed E-state index contributed by atoms with van der Waals surface area (Å²) in [6.45, 7) is -1.34. The number of amides is 11. The van der Waals surface area contributed by atoms with E-state index in [1.54, 1.807) is 24.3 Å². The molecular formula is C32H30N6O16. The standard InChI is InChI=1S/C32H30N6O16/c39-17(9-11-33-27(45)23-13-1-2-14(51-13)24(23)28(33)46)35(31(49)53-37-19(41)5-6-20(37)42)36(32(50)54-38-21(43)7-8-22(38)44)18(40)10-12-34-29(47)25-15-3-4-16(52-15)26(25)30(34)48/h1-4,13-16,19,23-26,41H,5-12H2. The third-order valence-corrected chi connectivity index (χ3v) is 10.6. The molecule has 0 radical (unpaired) electrons. The average molecular weight is 755 g/mol. The van der Waals surface area contributed by atoms with Crippen LogP contribution in [0.15, 0.2) is 24.3 Å². The van der Waals surface area contributed by atoms with Crippen molar-refractivity contribution in [2.75, 3.05) is 13.1 Å². The van der Waals surface area contributed by atoms with E-state index < -0.39 is 146 Å². The Morgan fingerprint density at radius 1 is 0.611 bits per heavy atom. The predicted molar refractivity (Wildman–Crippen MR) is 162 cm³/mol. The second-order valence-corrected chi connectivity index (χ2v) is 13.6. The van der Waals surface area contributed by atoms with E-state index in [0.29, 0.717) is 0 Å². The molecule has 8 rings (SSSR count). The van der Waals surface area contributed by atoms with E-state index in [1.807, 2.05) is 0 Å². The van der Waals surface area contributed by atoms with E-state index in [4.69, 9.17) is 19.1 Å². The molecule has 0 aromatic heterocycles. The van der Waals surface area contributed by atoms with Gasteiger partial charge >= 0.3 is 12.2 Å². The SMILES string of the molecule is O=C1C2C3C=CC(O3)C2C(=O)N1CCC(=O)N(C(=O)ON1C(=O)CCC1=O)N(C(=O)CCN1C(=O)C2C3C=CC(O3)C2C1=O)C(=O)ON1C(=O)CCC1O. The van der Waals surface area contributed by atoms with Gasteiger partial charge in [-0.1, -0.05) is 24.3 Å². The summed E-state index contributed by atoms with van der Waals surface area (Å²) in [5.41, 5.74) is 0. The minimum atomic E-state index is -1.98. The van der Waals surface area contributed by atoms with Gasteiger partial charge in [0.1, 0.15) is 0 Å². The van der Waals surface area contributed by atoms with Crippen LogP contribution in [0.5, 0.6) is 0 Å². The molecule has 8 aliphatic heterocycles. The molecule has 54 heavy (non-hydrogen) atoms. The van der Waals surface area contributed by atoms with Crippen molar-refractivity contribution in [1.82, 2.24) is 29.9 Å². The number of aliphatic hydroxyl groups is 1. The maximum atomic E-state index is 14.0. The van der Waals surface area contributed by atoms with E-state index in [1.165, 1.54) is 0 Å². The van der Waals surface area contributed by atoms with E-state index >= 15 is 0 Å². The maximum Gasteiger partial charge on any atom is 0.461 e. The van der Waals surface area contributed by atoms with Crippen molar-refractivity contribution in [3.8, 4) is 0 Å². The average Bonchev–Trinajstić information content (AvgIpc) is 4.03. The molecule has 8 heterocycles. The van der Waals surface area contributed by atoms with Gasteiger partial charge in [-0.15, -0.1) is 20.1 Å². The summed E-state index contributed by atoms with van der Waals surface area (Å²) in [5.74, 6) is -12.1. The number of carbonyl (C=O) groups excluding carboxylic acids is 11. The number of aliphatic hydroxyl groups excluding tert-OH is 1. The fraction of sp³-hybridized carbons (Fsp3) is 0.531. The number of hydrazine groups is 1. The van der Waals surface area contributed by atoms with Crippen LogP contribution < -0.4 is 0 Å². The smallest absolute Gasteiger partial charge is 0.370 e. The number of nitrogens with zero attached hydrogens (tertiary/aromatic N) is 6. The molecule has 4 bridgehead atoms. The van der Waals surface area contributed by atoms with Gasteiger partial charge in [-0.3, -0.25) is 53.0 Å². The number of imide groups is 5. The summed E-state index contributed by atoms with van der Waals surface area (Å²) >= 11 is 0. The number of likely N-dealkylation sites (tertiary alicyclic amines) is 2. The van der Waals surface area contributed by atoms with Crippen LogP contribution in [-0.2, 0) is 62.3 Å². The van der Waals surface area contributed by atoms with Crippen LogP contribution in [0.4, 0.5) is 9.59 Å². The molecule has 0 spiro atoms. The zero-order chi connectivity index (χ0) is 38.3. The number of hydrogen-bond acceptors (Lipinski definition) is 16. The summed E-state index contributed by atoms with van der Waals surface area (Å²) < 4.78 is 11.2. The third kappa shape index (κ3) is 5.38. The van der Waals surface area contributed by atoms with Gasteiger partial charge in [-0.2, -0.15) is 0 Å². The van der Waals surface area contributed by atoms with Crippen LogP contribution in [0.2, 0.25) is 0 Å². The molecule has 6 fully saturated rings. The summed E-state index contributed by atoms with van der Waals surface area (Å²) in [6, 6.07) is 0. The van der Waals surface area contributed by atoms with Crippen molar-refractivity contribution in [2.24, 2.45) is 23.7 Å². The van der Waals surface area contributed by atoms with Crippen molar-refractivity contribution >= 4 is 65.4 Å². The van der Waals surface area contributed by atoms with Crippen molar-refractivity contribution in [2.45, 2.75) is 69.2 Å². The highest BCUT2D eigenvalue weighted by Gasteiger charge is 2.62. The van der Waals surface area contributed by atoms with Crippen LogP contribution in [0.1, 0.15) is 38.5 Å². The lowest BCUT2D eigenvalue weighted by Crippen LogP contribution is -2.59. The molecule has 0 aliphatic carbocycles. The predicted octanol–water partition coefficient (Wildman–Crippen LogP) is -2.59. The van der Waals surface area contributed by atoms with Crippen LogP contribution in [0.3, 0.4) is 0 Å². The number of hydroxylamine groups is 4. The highest BCUT2D eigenvalue weighted by Crippen LogP contribution is 2.46. The van der Waals surface area contributed by atoms with Crippen molar-refractivity contribution in [1.29, 1.82) is 0 Å². The number of hydrogen-bond donors (Lipinski definition) is 1. The maximum absolute atomic E-state index is 14.0. The van der Waals surface area contributed by atoms with Crippen molar-refractivity contribution in [3.05, 3.63) is 24.3 Å². The lowest BCUT2D eigenvalue weighted by molar-refractivity contribution is -0.203. The Labute approximate surface area is 302 Å². The van der Waals surface area contributed by atoms with Crippen LogP contribution >= 0.6 is 0 Å². The molecule has 9 atom stereocenters. The topological polar surface area (TPSA) is 264 Å². The molecule has 22 nitrogen and oxygen atoms in total. The first-order valence-corrected chi connectivity index (χ1v) is 17.1. The van der Waals surface area contributed by atoms with Gasteiger partial charge in [0.25, 0.3) is 29.5 Å². The lowest BCUT2D eigenvalue weighted by Gasteiger charge is -2.32. The normalized spacial score (nSPS) is 32.8. The van der Waals surface area contributed by atoms with Gasteiger partial charge in [0.05, 0.1) is 48.1 Å². The molecule has 0 aromatic carbocycles. The van der Waals surface area contributed by atoms with E-state index in [2.05, 4.69) is 0 Å². The molecule has 0 saturated carbocycles. The van der Waals surface area contributed by atoms with Gasteiger partial charge in [0, 0.05) is 51.6 Å². The Morgan fingerprint density at radius 3 is 1.37 bits per heavy atom. The monoisotopic (exact) mass is 754 g/mol. The molecule has 22 heteroatoms. The van der Waals surface area contributed by atoms with Gasteiger partial charge in [-0.05, 0) is 0 Å². The number of rotatable bonds is 8. The first-order chi connectivity index (χ1) is 25.8. The second kappa shape index (κ2) is 12.9. The summed E-state index contributed by atoms with van der Waals surface area (Å²) in [4.78, 5) is 157. The van der Waals surface area contributed by atoms with Crippen molar-refractivity contribution in [3.63, 3.8) is 0 Å².